The minimum atomic E-state index is -0.285. The second kappa shape index (κ2) is 10.2. The largest absolute Gasteiger partial charge is 0.493 e. The molecule has 138 valence electrons. The van der Waals surface area contributed by atoms with E-state index in [2.05, 4.69) is 41.4 Å². The molecule has 0 radical (unpaired) electrons. The van der Waals surface area contributed by atoms with E-state index in [1.165, 1.54) is 5.69 Å². The molecule has 1 amide bonds. The quantitative estimate of drug-likeness (QED) is 0.546. The number of carbonyl (C=O) groups is 1. The van der Waals surface area contributed by atoms with E-state index in [-0.39, 0.29) is 5.91 Å². The smallest absolute Gasteiger partial charge is 0.275 e. The molecule has 0 spiro atoms. The van der Waals surface area contributed by atoms with Gasteiger partial charge >= 0.3 is 0 Å². The minimum Gasteiger partial charge on any atom is -0.493 e. The fraction of sp³-hybridized carbons (Fsp3) is 0.333. The molecule has 0 bridgehead atoms. The lowest BCUT2D eigenvalue weighted by Crippen LogP contribution is -2.21. The van der Waals surface area contributed by atoms with E-state index in [0.717, 1.165) is 25.1 Å². The fourth-order valence-corrected chi connectivity index (χ4v) is 2.58. The number of amides is 1. The summed E-state index contributed by atoms with van der Waals surface area (Å²) in [5, 5.41) is 4.06. The van der Waals surface area contributed by atoms with Gasteiger partial charge in [0.15, 0.2) is 0 Å². The number of anilines is 1. The molecule has 0 aliphatic rings. The number of rotatable bonds is 9. The van der Waals surface area contributed by atoms with E-state index in [1.54, 1.807) is 18.3 Å². The Morgan fingerprint density at radius 3 is 2.42 bits per heavy atom. The normalized spacial score (nSPS) is 10.7. The zero-order valence-corrected chi connectivity index (χ0v) is 15.7. The molecule has 26 heavy (non-hydrogen) atoms. The molecule has 5 nitrogen and oxygen atoms in total. The molecule has 5 heteroatoms. The standard InChI is InChI=1S/C21H27N3O2/c1-4-15-26-20-10-8-7-9-19(20)21(25)23-22-16-17-11-13-18(14-12-17)24(5-2)6-3/h7-14,16H,4-6,15H2,1-3H3,(H,23,25)/b22-16+. The van der Waals surface area contributed by atoms with Crippen molar-refractivity contribution in [2.45, 2.75) is 27.2 Å². The summed E-state index contributed by atoms with van der Waals surface area (Å²) in [5.74, 6) is 0.290. The van der Waals surface area contributed by atoms with Crippen molar-refractivity contribution in [2.24, 2.45) is 5.10 Å². The molecular formula is C21H27N3O2. The summed E-state index contributed by atoms with van der Waals surface area (Å²) in [7, 11) is 0. The molecule has 0 aliphatic heterocycles. The van der Waals surface area contributed by atoms with E-state index in [4.69, 9.17) is 4.74 Å². The SMILES string of the molecule is CCCOc1ccccc1C(=O)N/N=C/c1ccc(N(CC)CC)cc1. The van der Waals surface area contributed by atoms with Crippen LogP contribution in [0.1, 0.15) is 43.1 Å². The molecule has 2 rings (SSSR count). The highest BCUT2D eigenvalue weighted by Crippen LogP contribution is 2.18. The summed E-state index contributed by atoms with van der Waals surface area (Å²) in [6.07, 6.45) is 2.52. The number of nitrogens with one attached hydrogen (secondary N) is 1. The number of hydrazone groups is 1. The highest BCUT2D eigenvalue weighted by molar-refractivity contribution is 5.97. The summed E-state index contributed by atoms with van der Waals surface area (Å²) in [4.78, 5) is 14.6. The average Bonchev–Trinajstić information content (AvgIpc) is 2.68. The Morgan fingerprint density at radius 2 is 1.77 bits per heavy atom. The third-order valence-electron chi connectivity index (χ3n) is 3.99. The van der Waals surface area contributed by atoms with Crippen molar-refractivity contribution in [3.63, 3.8) is 0 Å². The van der Waals surface area contributed by atoms with Gasteiger partial charge in [-0.25, -0.2) is 5.43 Å². The predicted octanol–water partition coefficient (Wildman–Crippen LogP) is 4.09. The maximum Gasteiger partial charge on any atom is 0.275 e. The van der Waals surface area contributed by atoms with E-state index < -0.39 is 0 Å². The Balaban J connectivity index is 1.99. The molecule has 2 aromatic carbocycles. The number of carbonyl (C=O) groups excluding carboxylic acids is 1. The van der Waals surface area contributed by atoms with Crippen molar-refractivity contribution in [2.75, 3.05) is 24.6 Å². The first kappa shape index (κ1) is 19.5. The highest BCUT2D eigenvalue weighted by Gasteiger charge is 2.10. The predicted molar refractivity (Wildman–Crippen MR) is 107 cm³/mol. The second-order valence-electron chi connectivity index (χ2n) is 5.81. The maximum absolute atomic E-state index is 12.3. The Kier molecular flexibility index (Phi) is 7.68. The molecule has 0 aromatic heterocycles. The van der Waals surface area contributed by atoms with Gasteiger partial charge in [0.1, 0.15) is 5.75 Å². The van der Waals surface area contributed by atoms with Crippen LogP contribution in [0.4, 0.5) is 5.69 Å². The van der Waals surface area contributed by atoms with Gasteiger partial charge in [-0.15, -0.1) is 0 Å². The second-order valence-corrected chi connectivity index (χ2v) is 5.81. The first-order valence-corrected chi connectivity index (χ1v) is 9.09. The van der Waals surface area contributed by atoms with Gasteiger partial charge < -0.3 is 9.64 Å². The van der Waals surface area contributed by atoms with Gasteiger partial charge in [-0.05, 0) is 50.1 Å². The van der Waals surface area contributed by atoms with Crippen LogP contribution >= 0.6 is 0 Å². The van der Waals surface area contributed by atoms with Crippen molar-refractivity contribution in [3.05, 3.63) is 59.7 Å². The van der Waals surface area contributed by atoms with Crippen LogP contribution in [0.2, 0.25) is 0 Å². The van der Waals surface area contributed by atoms with Crippen LogP contribution in [0.5, 0.6) is 5.75 Å². The molecule has 0 aliphatic carbocycles. The van der Waals surface area contributed by atoms with Crippen molar-refractivity contribution in [1.82, 2.24) is 5.43 Å². The molecule has 0 saturated carbocycles. The minimum absolute atomic E-state index is 0.285. The lowest BCUT2D eigenvalue weighted by atomic mass is 10.2. The molecule has 0 saturated heterocycles. The van der Waals surface area contributed by atoms with Gasteiger partial charge in [0.25, 0.3) is 5.91 Å². The number of para-hydroxylation sites is 1. The van der Waals surface area contributed by atoms with Crippen LogP contribution in [0.15, 0.2) is 53.6 Å². The van der Waals surface area contributed by atoms with Crippen LogP contribution in [0.25, 0.3) is 0 Å². The van der Waals surface area contributed by atoms with E-state index in [0.29, 0.717) is 17.9 Å². The highest BCUT2D eigenvalue weighted by atomic mass is 16.5. The molecule has 2 aromatic rings. The van der Waals surface area contributed by atoms with Crippen LogP contribution in [-0.4, -0.2) is 31.8 Å². The van der Waals surface area contributed by atoms with Crippen molar-refractivity contribution in [1.29, 1.82) is 0 Å². The van der Waals surface area contributed by atoms with Gasteiger partial charge in [0.2, 0.25) is 0 Å². The Labute approximate surface area is 155 Å². The molecule has 1 N–H and O–H groups in total. The van der Waals surface area contributed by atoms with Crippen molar-refractivity contribution < 1.29 is 9.53 Å². The van der Waals surface area contributed by atoms with Crippen molar-refractivity contribution >= 4 is 17.8 Å². The number of benzene rings is 2. The molecular weight excluding hydrogens is 326 g/mol. The van der Waals surface area contributed by atoms with Gasteiger partial charge in [-0.3, -0.25) is 4.79 Å². The van der Waals surface area contributed by atoms with E-state index in [9.17, 15) is 4.79 Å². The van der Waals surface area contributed by atoms with Crippen LogP contribution in [-0.2, 0) is 0 Å². The van der Waals surface area contributed by atoms with Gasteiger partial charge in [-0.1, -0.05) is 31.2 Å². The van der Waals surface area contributed by atoms with Crippen LogP contribution < -0.4 is 15.1 Å². The molecule has 0 heterocycles. The third kappa shape index (κ3) is 5.34. The molecule has 0 atom stereocenters. The fourth-order valence-electron chi connectivity index (χ4n) is 2.58. The lowest BCUT2D eigenvalue weighted by Gasteiger charge is -2.20. The average molecular weight is 353 g/mol. The van der Waals surface area contributed by atoms with Gasteiger partial charge in [-0.2, -0.15) is 5.10 Å². The Bertz CT molecular complexity index is 722. The van der Waals surface area contributed by atoms with E-state index >= 15 is 0 Å². The summed E-state index contributed by atoms with van der Waals surface area (Å²) in [5.41, 5.74) is 5.15. The number of hydrogen-bond acceptors (Lipinski definition) is 4. The van der Waals surface area contributed by atoms with Gasteiger partial charge in [0.05, 0.1) is 18.4 Å². The number of nitrogens with zero attached hydrogens (tertiary/aromatic N) is 2. The zero-order valence-electron chi connectivity index (χ0n) is 15.7. The summed E-state index contributed by atoms with van der Waals surface area (Å²) in [6, 6.07) is 15.3. The summed E-state index contributed by atoms with van der Waals surface area (Å²) in [6.45, 7) is 8.82. The zero-order chi connectivity index (χ0) is 18.8. The molecule has 0 unspecified atom stereocenters. The van der Waals surface area contributed by atoms with Crippen molar-refractivity contribution in [3.8, 4) is 5.75 Å². The third-order valence-corrected chi connectivity index (χ3v) is 3.99. The van der Waals surface area contributed by atoms with E-state index in [1.807, 2.05) is 31.2 Å². The Hall–Kier alpha value is -2.82. The number of hydrogen-bond donors (Lipinski definition) is 1. The molecule has 0 fully saturated rings. The van der Waals surface area contributed by atoms with Gasteiger partial charge in [0, 0.05) is 18.8 Å². The number of ether oxygens (including phenoxy) is 1. The maximum atomic E-state index is 12.3. The topological polar surface area (TPSA) is 53.9 Å². The van der Waals surface area contributed by atoms with Crippen LogP contribution in [0.3, 0.4) is 0 Å². The summed E-state index contributed by atoms with van der Waals surface area (Å²) < 4.78 is 5.61. The first-order valence-electron chi connectivity index (χ1n) is 9.09. The lowest BCUT2D eigenvalue weighted by molar-refractivity contribution is 0.0951. The summed E-state index contributed by atoms with van der Waals surface area (Å²) >= 11 is 0. The first-order chi connectivity index (χ1) is 12.7. The van der Waals surface area contributed by atoms with Crippen LogP contribution in [0, 0.1) is 0 Å². The Morgan fingerprint density at radius 1 is 1.08 bits per heavy atom. The monoisotopic (exact) mass is 353 g/mol.